The van der Waals surface area contributed by atoms with Crippen LogP contribution in [0.15, 0.2) is 53.6 Å². The summed E-state index contributed by atoms with van der Waals surface area (Å²) in [6, 6.07) is 14.6. The van der Waals surface area contributed by atoms with E-state index in [1.54, 1.807) is 31.4 Å². The number of carbonyl (C=O) groups excluding carboxylic acids is 2. The topological polar surface area (TPSA) is 79.8 Å². The molecular formula is C18H19N3O3. The van der Waals surface area contributed by atoms with Crippen molar-refractivity contribution in [3.63, 3.8) is 0 Å². The summed E-state index contributed by atoms with van der Waals surface area (Å²) in [5.41, 5.74) is 4.90. The summed E-state index contributed by atoms with van der Waals surface area (Å²) < 4.78 is 5.07. The minimum Gasteiger partial charge on any atom is -0.497 e. The second kappa shape index (κ2) is 8.47. The number of methoxy groups -OCH3 is 1. The number of rotatable bonds is 6. The summed E-state index contributed by atoms with van der Waals surface area (Å²) in [4.78, 5) is 23.5. The van der Waals surface area contributed by atoms with Gasteiger partial charge in [-0.3, -0.25) is 9.59 Å². The molecule has 24 heavy (non-hydrogen) atoms. The van der Waals surface area contributed by atoms with Crippen molar-refractivity contribution in [2.45, 2.75) is 13.3 Å². The molecule has 6 heteroatoms. The van der Waals surface area contributed by atoms with Crippen molar-refractivity contribution < 1.29 is 14.3 Å². The van der Waals surface area contributed by atoms with Gasteiger partial charge in [0.1, 0.15) is 12.2 Å². The number of carbonyl (C=O) groups is 2. The van der Waals surface area contributed by atoms with Crippen LogP contribution in [-0.4, -0.2) is 25.1 Å². The van der Waals surface area contributed by atoms with E-state index in [1.807, 2.05) is 31.2 Å². The minimum absolute atomic E-state index is 0.317. The molecule has 0 aliphatic carbocycles. The van der Waals surface area contributed by atoms with Crippen LogP contribution in [-0.2, 0) is 9.59 Å². The van der Waals surface area contributed by atoms with Crippen LogP contribution in [0.25, 0.3) is 0 Å². The third kappa shape index (κ3) is 5.57. The number of aryl methyl sites for hydroxylation is 1. The molecule has 0 aliphatic heterocycles. The predicted molar refractivity (Wildman–Crippen MR) is 93.2 cm³/mol. The molecule has 0 radical (unpaired) electrons. The summed E-state index contributed by atoms with van der Waals surface area (Å²) in [5.74, 6) is -0.287. The molecule has 0 bridgehead atoms. The Kier molecular flexibility index (Phi) is 6.08. The normalized spacial score (nSPS) is 10.4. The molecule has 2 rings (SSSR count). The van der Waals surface area contributed by atoms with E-state index in [1.165, 1.54) is 6.21 Å². The number of nitrogens with zero attached hydrogens (tertiary/aromatic N) is 1. The zero-order valence-electron chi connectivity index (χ0n) is 13.6. The van der Waals surface area contributed by atoms with Gasteiger partial charge in [-0.1, -0.05) is 35.9 Å². The van der Waals surface area contributed by atoms with Crippen LogP contribution in [0.5, 0.6) is 5.75 Å². The van der Waals surface area contributed by atoms with E-state index in [9.17, 15) is 9.59 Å². The van der Waals surface area contributed by atoms with Gasteiger partial charge in [-0.05, 0) is 24.6 Å². The lowest BCUT2D eigenvalue weighted by molar-refractivity contribution is -0.126. The molecule has 0 aliphatic rings. The summed E-state index contributed by atoms with van der Waals surface area (Å²) in [5, 5.41) is 6.46. The SMILES string of the molecule is COc1cccc(NC(=O)CC(=O)NN=Cc2ccc(C)cc2)c1. The van der Waals surface area contributed by atoms with Gasteiger partial charge < -0.3 is 10.1 Å². The van der Waals surface area contributed by atoms with Crippen molar-refractivity contribution in [1.29, 1.82) is 0 Å². The number of hydrogen-bond acceptors (Lipinski definition) is 4. The third-order valence-electron chi connectivity index (χ3n) is 3.15. The van der Waals surface area contributed by atoms with Crippen LogP contribution in [0.4, 0.5) is 5.69 Å². The summed E-state index contributed by atoms with van der Waals surface area (Å²) in [6.07, 6.45) is 1.21. The molecular weight excluding hydrogens is 306 g/mol. The Morgan fingerprint density at radius 1 is 1.12 bits per heavy atom. The molecule has 0 atom stereocenters. The fourth-order valence-electron chi connectivity index (χ4n) is 1.92. The van der Waals surface area contributed by atoms with Crippen molar-refractivity contribution in [3.8, 4) is 5.75 Å². The van der Waals surface area contributed by atoms with Crippen molar-refractivity contribution in [2.75, 3.05) is 12.4 Å². The Balaban J connectivity index is 1.80. The van der Waals surface area contributed by atoms with Crippen LogP contribution in [0, 0.1) is 6.92 Å². The van der Waals surface area contributed by atoms with Gasteiger partial charge >= 0.3 is 0 Å². The zero-order valence-corrected chi connectivity index (χ0v) is 13.6. The number of ether oxygens (including phenoxy) is 1. The number of amides is 2. The molecule has 0 spiro atoms. The second-order valence-corrected chi connectivity index (χ2v) is 5.16. The van der Waals surface area contributed by atoms with Crippen molar-refractivity contribution in [1.82, 2.24) is 5.43 Å². The Morgan fingerprint density at radius 2 is 1.88 bits per heavy atom. The van der Waals surface area contributed by atoms with Gasteiger partial charge in [-0.15, -0.1) is 0 Å². The van der Waals surface area contributed by atoms with E-state index >= 15 is 0 Å². The molecule has 6 nitrogen and oxygen atoms in total. The molecule has 0 saturated carbocycles. The van der Waals surface area contributed by atoms with E-state index in [4.69, 9.17) is 4.74 Å². The standard InChI is InChI=1S/C18H19N3O3/c1-13-6-8-14(9-7-13)12-19-21-18(23)11-17(22)20-15-4-3-5-16(10-15)24-2/h3-10,12H,11H2,1-2H3,(H,20,22)(H,21,23). The van der Waals surface area contributed by atoms with E-state index in [-0.39, 0.29) is 6.42 Å². The number of benzene rings is 2. The molecule has 0 saturated heterocycles. The van der Waals surface area contributed by atoms with Crippen molar-refractivity contribution in [2.24, 2.45) is 5.10 Å². The fourth-order valence-corrected chi connectivity index (χ4v) is 1.92. The Bertz CT molecular complexity index is 739. The lowest BCUT2D eigenvalue weighted by Crippen LogP contribution is -2.24. The lowest BCUT2D eigenvalue weighted by atomic mass is 10.2. The van der Waals surface area contributed by atoms with E-state index in [0.29, 0.717) is 11.4 Å². The zero-order chi connectivity index (χ0) is 17.4. The van der Waals surface area contributed by atoms with Crippen molar-refractivity contribution >= 4 is 23.7 Å². The highest BCUT2D eigenvalue weighted by Gasteiger charge is 2.09. The maximum atomic E-state index is 11.8. The summed E-state index contributed by atoms with van der Waals surface area (Å²) in [6.45, 7) is 1.99. The number of anilines is 1. The maximum absolute atomic E-state index is 11.8. The Labute approximate surface area is 140 Å². The van der Waals surface area contributed by atoms with Crippen LogP contribution >= 0.6 is 0 Å². The molecule has 2 amide bonds. The van der Waals surface area contributed by atoms with E-state index in [2.05, 4.69) is 15.8 Å². The van der Waals surface area contributed by atoms with Gasteiger partial charge in [-0.2, -0.15) is 5.10 Å². The average molecular weight is 325 g/mol. The van der Waals surface area contributed by atoms with E-state index < -0.39 is 11.8 Å². The third-order valence-corrected chi connectivity index (χ3v) is 3.15. The largest absolute Gasteiger partial charge is 0.497 e. The first-order valence-corrected chi connectivity index (χ1v) is 7.39. The minimum atomic E-state index is -0.487. The van der Waals surface area contributed by atoms with Crippen LogP contribution < -0.4 is 15.5 Å². The first-order valence-electron chi connectivity index (χ1n) is 7.39. The highest BCUT2D eigenvalue weighted by molar-refractivity contribution is 6.03. The molecule has 0 aromatic heterocycles. The molecule has 124 valence electrons. The predicted octanol–water partition coefficient (Wildman–Crippen LogP) is 2.48. The first-order chi connectivity index (χ1) is 11.6. The molecule has 2 N–H and O–H groups in total. The highest BCUT2D eigenvalue weighted by Crippen LogP contribution is 2.16. The smallest absolute Gasteiger partial charge is 0.249 e. The van der Waals surface area contributed by atoms with Gasteiger partial charge in [0, 0.05) is 11.8 Å². The Hall–Kier alpha value is -3.15. The molecule has 0 heterocycles. The molecule has 2 aromatic rings. The van der Waals surface area contributed by atoms with Gasteiger partial charge in [0.15, 0.2) is 0 Å². The molecule has 2 aromatic carbocycles. The maximum Gasteiger partial charge on any atom is 0.249 e. The quantitative estimate of drug-likeness (QED) is 0.486. The lowest BCUT2D eigenvalue weighted by Gasteiger charge is -2.06. The van der Waals surface area contributed by atoms with Gasteiger partial charge in [0.25, 0.3) is 0 Å². The van der Waals surface area contributed by atoms with Crippen LogP contribution in [0.1, 0.15) is 17.5 Å². The summed E-state index contributed by atoms with van der Waals surface area (Å²) >= 11 is 0. The molecule has 0 fully saturated rings. The van der Waals surface area contributed by atoms with Crippen LogP contribution in [0.3, 0.4) is 0 Å². The van der Waals surface area contributed by atoms with Crippen molar-refractivity contribution in [3.05, 3.63) is 59.7 Å². The second-order valence-electron chi connectivity index (χ2n) is 5.16. The van der Waals surface area contributed by atoms with Gasteiger partial charge in [0.2, 0.25) is 11.8 Å². The fraction of sp³-hybridized carbons (Fsp3) is 0.167. The number of hydrogen-bond donors (Lipinski definition) is 2. The molecule has 0 unspecified atom stereocenters. The number of hydrazone groups is 1. The average Bonchev–Trinajstić information content (AvgIpc) is 2.56. The number of nitrogens with one attached hydrogen (secondary N) is 2. The van der Waals surface area contributed by atoms with Gasteiger partial charge in [0.05, 0.1) is 13.3 Å². The van der Waals surface area contributed by atoms with Crippen LogP contribution in [0.2, 0.25) is 0 Å². The first kappa shape index (κ1) is 17.2. The highest BCUT2D eigenvalue weighted by atomic mass is 16.5. The van der Waals surface area contributed by atoms with E-state index in [0.717, 1.165) is 11.1 Å². The summed E-state index contributed by atoms with van der Waals surface area (Å²) in [7, 11) is 1.54. The monoisotopic (exact) mass is 325 g/mol. The van der Waals surface area contributed by atoms with Gasteiger partial charge in [-0.25, -0.2) is 5.43 Å². The Morgan fingerprint density at radius 3 is 2.58 bits per heavy atom.